The first-order valence-electron chi connectivity index (χ1n) is 31.7. The molecule has 35 nitrogen and oxygen atoms in total. The minimum Gasteiger partial charge on any atom is -0.480 e. The van der Waals surface area contributed by atoms with Crippen molar-refractivity contribution >= 4 is 82.7 Å². The Balaban J connectivity index is 4.99. The van der Waals surface area contributed by atoms with E-state index < -0.39 is 97.8 Å². The van der Waals surface area contributed by atoms with Crippen molar-refractivity contribution in [1.82, 2.24) is 51.9 Å². The Bertz CT molecular complexity index is 2310. The van der Waals surface area contributed by atoms with Gasteiger partial charge in [-0.3, -0.25) is 82.3 Å². The van der Waals surface area contributed by atoms with Crippen LogP contribution in [0.5, 0.6) is 0 Å². The van der Waals surface area contributed by atoms with E-state index in [2.05, 4.69) is 37.2 Å². The molecular formula is C59H104N12O23. The van der Waals surface area contributed by atoms with Crippen LogP contribution in [0.4, 0.5) is 0 Å². The lowest BCUT2D eigenvalue weighted by molar-refractivity contribution is -0.146. The van der Waals surface area contributed by atoms with E-state index in [1.165, 1.54) is 23.6 Å². The van der Waals surface area contributed by atoms with Gasteiger partial charge in [0.2, 0.25) is 47.3 Å². The number of hydrogen-bond donors (Lipinski definition) is 14. The summed E-state index contributed by atoms with van der Waals surface area (Å²) in [6, 6.07) is -3.15. The van der Waals surface area contributed by atoms with Gasteiger partial charge in [-0.2, -0.15) is 0 Å². The first-order valence-corrected chi connectivity index (χ1v) is 31.7. The number of carbonyl (C=O) groups excluding carboxylic acids is 10. The van der Waals surface area contributed by atoms with Crippen LogP contribution in [0, 0.1) is 5.92 Å². The number of carboxylic acids is 4. The van der Waals surface area contributed by atoms with Gasteiger partial charge in [-0.25, -0.2) is 0 Å². The molecule has 0 aliphatic heterocycles. The number of primary amides is 2. The summed E-state index contributed by atoms with van der Waals surface area (Å²) in [5.41, 5.74) is 10.9. The maximum atomic E-state index is 13.4. The summed E-state index contributed by atoms with van der Waals surface area (Å²) < 4.78 is 21.5. The van der Waals surface area contributed by atoms with E-state index in [0.717, 1.165) is 4.90 Å². The molecule has 0 fully saturated rings. The molecule has 0 saturated carbocycles. The van der Waals surface area contributed by atoms with Crippen molar-refractivity contribution in [1.29, 1.82) is 0 Å². The molecule has 0 bridgehead atoms. The number of nitrogens with one attached hydrogen (secondary N) is 7. The normalized spacial score (nSPS) is 12.5. The topological polar surface area (TPSA) is 523 Å². The highest BCUT2D eigenvalue weighted by molar-refractivity contribution is 5.88. The second kappa shape index (κ2) is 55.0. The predicted octanol–water partition coefficient (Wildman–Crippen LogP) is -4.31. The highest BCUT2D eigenvalue weighted by Gasteiger charge is 2.29. The first kappa shape index (κ1) is 86.6. The number of amides is 8. The van der Waals surface area contributed by atoms with Crippen LogP contribution in [0.15, 0.2) is 0 Å². The molecule has 0 aliphatic rings. The van der Waals surface area contributed by atoms with Gasteiger partial charge in [0.1, 0.15) is 36.9 Å². The molecule has 0 aromatic carbocycles. The zero-order valence-electron chi connectivity index (χ0n) is 54.5. The van der Waals surface area contributed by atoms with Crippen LogP contribution in [0.3, 0.4) is 0 Å². The number of aliphatic carboxylic acids is 4. The van der Waals surface area contributed by atoms with E-state index in [0.29, 0.717) is 70.8 Å². The average Bonchev–Trinajstić information content (AvgIpc) is 1.60. The lowest BCUT2D eigenvalue weighted by atomic mass is 9.95. The van der Waals surface area contributed by atoms with Crippen molar-refractivity contribution in [2.45, 2.75) is 135 Å². The maximum absolute atomic E-state index is 13.4. The number of nitrogens with zero attached hydrogens (tertiary/aromatic N) is 3. The van der Waals surface area contributed by atoms with Crippen LogP contribution in [0.2, 0.25) is 0 Å². The van der Waals surface area contributed by atoms with Gasteiger partial charge >= 0.3 is 23.9 Å². The summed E-state index contributed by atoms with van der Waals surface area (Å²) in [7, 11) is 0. The predicted molar refractivity (Wildman–Crippen MR) is 335 cm³/mol. The molecule has 35 heteroatoms. The van der Waals surface area contributed by atoms with Crippen molar-refractivity contribution in [2.24, 2.45) is 17.4 Å². The zero-order chi connectivity index (χ0) is 70.5. The second-order valence-electron chi connectivity index (χ2n) is 22.2. The Morgan fingerprint density at radius 3 is 1.40 bits per heavy atom. The standard InChI is InChI=1S/C59H104N12O23/c1-42(73)15-16-44(56(60)86)10-3-6-20-63-51(78)40-93-34-33-92-31-23-65-52(79)41-94-35-32-91-30-22-64-48(75)13-9-14-50(77)68-46(58(88)66-21-8-4-11-45(57(61)87)67-36-43(2)74)12-5-7-19-62-49(76)18-17-47(59(89)90)71(26-24-69(28-29-72)37-53(80)81)27-25-70(38-54(82)83)39-55(84)85/h44-47,67,72H,3-41H2,1-2H3,(H2,60,86)(H2,61,87)(H,62,76)(H,63,78)(H,64,75)(H,65,79)(H,66,88)(H,68,77)(H,80,81)(H,82,83)(H,84,85)(H,89,90)/t44-,45+,46+,47?/m1/s1. The Hall–Kier alpha value is -7.38. The number of aliphatic hydroxyl groups is 1. The molecule has 1 unspecified atom stereocenters. The number of carboxylic acid groups (broad SMARTS) is 4. The van der Waals surface area contributed by atoms with E-state index in [1.807, 2.05) is 0 Å². The molecule has 0 aromatic rings. The third-order valence-electron chi connectivity index (χ3n) is 14.0. The Labute approximate surface area is 547 Å². The monoisotopic (exact) mass is 1350 g/mol. The number of ether oxygens (including phenoxy) is 4. The number of carbonyl (C=O) groups is 14. The molecule has 0 rings (SSSR count). The fraction of sp³-hybridized carbons (Fsp3) is 0.763. The number of nitrogens with two attached hydrogens (primary N) is 2. The van der Waals surface area contributed by atoms with Crippen molar-refractivity contribution in [3.05, 3.63) is 0 Å². The highest BCUT2D eigenvalue weighted by atomic mass is 16.5. The van der Waals surface area contributed by atoms with Crippen LogP contribution in [-0.4, -0.2) is 292 Å². The highest BCUT2D eigenvalue weighted by Crippen LogP contribution is 2.15. The molecule has 0 aliphatic carbocycles. The van der Waals surface area contributed by atoms with Crippen molar-refractivity contribution < 1.29 is 112 Å². The van der Waals surface area contributed by atoms with Crippen molar-refractivity contribution in [3.63, 3.8) is 0 Å². The smallest absolute Gasteiger partial charge is 0.320 e. The van der Waals surface area contributed by atoms with E-state index >= 15 is 0 Å². The van der Waals surface area contributed by atoms with Crippen molar-refractivity contribution in [2.75, 3.05) is 151 Å². The third kappa shape index (κ3) is 50.2. The zero-order valence-corrected chi connectivity index (χ0v) is 54.5. The first-order chi connectivity index (χ1) is 44.7. The van der Waals surface area contributed by atoms with E-state index in [9.17, 15) is 92.7 Å². The Kier molecular flexibility index (Phi) is 50.6. The van der Waals surface area contributed by atoms with Gasteiger partial charge in [0.05, 0.1) is 78.5 Å². The maximum Gasteiger partial charge on any atom is 0.320 e. The molecule has 4 atom stereocenters. The molecule has 16 N–H and O–H groups in total. The van der Waals surface area contributed by atoms with Crippen LogP contribution in [0.25, 0.3) is 0 Å². The summed E-state index contributed by atoms with van der Waals surface area (Å²) in [5, 5.41) is 66.7. The van der Waals surface area contributed by atoms with Crippen LogP contribution in [0.1, 0.15) is 117 Å². The number of rotatable bonds is 64. The molecule has 0 heterocycles. The van der Waals surface area contributed by atoms with Gasteiger partial charge in [-0.05, 0) is 84.5 Å². The number of ketones is 2. The molecule has 538 valence electrons. The minimum atomic E-state index is -1.36. The quantitative estimate of drug-likeness (QED) is 0.0256. The lowest BCUT2D eigenvalue weighted by Gasteiger charge is -2.32. The van der Waals surface area contributed by atoms with Crippen LogP contribution >= 0.6 is 0 Å². The SMILES string of the molecule is CC(=O)CC[C@@H](CCCCNC(=O)COCCOCCNC(=O)COCCOCCNC(=O)CCCC(=O)N[C@@H](CCCCNC(=O)CCC(C(=O)O)N(CCN(CCO)CC(=O)O)CCN(CC(=O)O)CC(=O)O)C(=O)NCCCC[C@H](NCC(C)=O)C(N)=O)C(N)=O. The Morgan fingerprint density at radius 1 is 0.426 bits per heavy atom. The lowest BCUT2D eigenvalue weighted by Crippen LogP contribution is -2.50. The average molecular weight is 1350 g/mol. The van der Waals surface area contributed by atoms with Gasteiger partial charge in [0.15, 0.2) is 0 Å². The van der Waals surface area contributed by atoms with Crippen LogP contribution in [-0.2, 0) is 86.1 Å². The van der Waals surface area contributed by atoms with Gasteiger partial charge in [0.25, 0.3) is 0 Å². The summed E-state index contributed by atoms with van der Waals surface area (Å²) >= 11 is 0. The van der Waals surface area contributed by atoms with Gasteiger partial charge in [-0.1, -0.05) is 6.42 Å². The van der Waals surface area contributed by atoms with Gasteiger partial charge in [0, 0.05) is 97.0 Å². The van der Waals surface area contributed by atoms with E-state index in [4.69, 9.17) is 30.4 Å². The molecule has 0 saturated heterocycles. The number of aliphatic hydroxyl groups excluding tert-OH is 1. The molecular weight excluding hydrogens is 1240 g/mol. The molecule has 0 spiro atoms. The number of Topliss-reactive ketones (excluding diaryl/α,β-unsaturated/α-hetero) is 2. The summed E-state index contributed by atoms with van der Waals surface area (Å²) in [6.07, 6.45) is 3.91. The van der Waals surface area contributed by atoms with Gasteiger partial charge in [-0.15, -0.1) is 0 Å². The largest absolute Gasteiger partial charge is 0.480 e. The van der Waals surface area contributed by atoms with E-state index in [1.54, 1.807) is 0 Å². The fourth-order valence-corrected chi connectivity index (χ4v) is 9.08. The molecule has 8 amide bonds. The second-order valence-corrected chi connectivity index (χ2v) is 22.2. The summed E-state index contributed by atoms with van der Waals surface area (Å²) in [4.78, 5) is 173. The summed E-state index contributed by atoms with van der Waals surface area (Å²) in [5.74, 6) is -9.46. The minimum absolute atomic E-state index is 0.00159. The van der Waals surface area contributed by atoms with E-state index in [-0.39, 0.29) is 192 Å². The molecule has 0 radical (unpaired) electrons. The third-order valence-corrected chi connectivity index (χ3v) is 14.0. The number of unbranched alkanes of at least 4 members (excludes halogenated alkanes) is 3. The Morgan fingerprint density at radius 2 is 0.894 bits per heavy atom. The number of hydrogen-bond acceptors (Lipinski definition) is 23. The van der Waals surface area contributed by atoms with Crippen LogP contribution < -0.4 is 48.7 Å². The fourth-order valence-electron chi connectivity index (χ4n) is 9.08. The van der Waals surface area contributed by atoms with Gasteiger partial charge < -0.3 is 92.6 Å². The molecule has 94 heavy (non-hydrogen) atoms. The summed E-state index contributed by atoms with van der Waals surface area (Å²) in [6.45, 7) is 1.48. The van der Waals surface area contributed by atoms with Crippen molar-refractivity contribution in [3.8, 4) is 0 Å². The molecule has 0 aromatic heterocycles.